The van der Waals surface area contributed by atoms with Crippen molar-refractivity contribution in [3.63, 3.8) is 0 Å². The smallest absolute Gasteiger partial charge is 0.240 e. The zero-order valence-corrected chi connectivity index (χ0v) is 16.8. The van der Waals surface area contributed by atoms with Crippen molar-refractivity contribution < 1.29 is 4.79 Å². The van der Waals surface area contributed by atoms with E-state index in [1.54, 1.807) is 11.9 Å². The Morgan fingerprint density at radius 1 is 1.00 bits per heavy atom. The van der Waals surface area contributed by atoms with Crippen LogP contribution in [0.1, 0.15) is 56.2 Å². The van der Waals surface area contributed by atoms with Gasteiger partial charge in [-0.2, -0.15) is 5.26 Å². The Kier molecular flexibility index (Phi) is 6.49. The van der Waals surface area contributed by atoms with Crippen molar-refractivity contribution in [2.24, 2.45) is 0 Å². The first kappa shape index (κ1) is 20.1. The van der Waals surface area contributed by atoms with Gasteiger partial charge in [-0.3, -0.25) is 10.1 Å². The highest BCUT2D eigenvalue weighted by molar-refractivity contribution is 5.82. The van der Waals surface area contributed by atoms with Gasteiger partial charge < -0.3 is 4.90 Å². The molecule has 4 heteroatoms. The van der Waals surface area contributed by atoms with E-state index in [4.69, 9.17) is 0 Å². The van der Waals surface area contributed by atoms with Crippen molar-refractivity contribution in [2.45, 2.75) is 56.7 Å². The van der Waals surface area contributed by atoms with Crippen LogP contribution in [-0.2, 0) is 4.79 Å². The molecule has 1 aliphatic carbocycles. The minimum atomic E-state index is -0.666. The summed E-state index contributed by atoms with van der Waals surface area (Å²) in [4.78, 5) is 14.9. The highest BCUT2D eigenvalue weighted by atomic mass is 16.2. The molecular weight excluding hydrogens is 346 g/mol. The van der Waals surface area contributed by atoms with E-state index in [0.29, 0.717) is 0 Å². The van der Waals surface area contributed by atoms with E-state index in [1.807, 2.05) is 43.3 Å². The van der Waals surface area contributed by atoms with Gasteiger partial charge in [0, 0.05) is 7.05 Å². The average molecular weight is 376 g/mol. The molecule has 0 heterocycles. The number of amides is 1. The van der Waals surface area contributed by atoms with Crippen LogP contribution in [0.15, 0.2) is 60.7 Å². The van der Waals surface area contributed by atoms with Gasteiger partial charge in [0.2, 0.25) is 5.91 Å². The first-order chi connectivity index (χ1) is 13.6. The number of carbonyl (C=O) groups is 1. The Balaban J connectivity index is 1.81. The lowest BCUT2D eigenvalue weighted by Crippen LogP contribution is -2.55. The molecule has 28 heavy (non-hydrogen) atoms. The molecule has 1 fully saturated rings. The Bertz CT molecular complexity index is 767. The van der Waals surface area contributed by atoms with Crippen LogP contribution in [0.5, 0.6) is 0 Å². The fourth-order valence-corrected chi connectivity index (χ4v) is 4.16. The summed E-state index contributed by atoms with van der Waals surface area (Å²) in [6.45, 7) is 1.89. The van der Waals surface area contributed by atoms with Gasteiger partial charge in [0.05, 0.1) is 18.2 Å². The molecule has 0 bridgehead atoms. The largest absolute Gasteiger partial charge is 0.326 e. The van der Waals surface area contributed by atoms with Gasteiger partial charge in [-0.15, -0.1) is 0 Å². The van der Waals surface area contributed by atoms with Crippen molar-refractivity contribution in [3.05, 3.63) is 71.8 Å². The van der Waals surface area contributed by atoms with Gasteiger partial charge in [0.25, 0.3) is 0 Å². The minimum Gasteiger partial charge on any atom is -0.326 e. The highest BCUT2D eigenvalue weighted by Crippen LogP contribution is 2.33. The van der Waals surface area contributed by atoms with Crippen molar-refractivity contribution in [2.75, 3.05) is 7.05 Å². The van der Waals surface area contributed by atoms with Crippen molar-refractivity contribution in [1.82, 2.24) is 10.2 Å². The van der Waals surface area contributed by atoms with Crippen molar-refractivity contribution in [3.8, 4) is 6.07 Å². The molecule has 4 nitrogen and oxygen atoms in total. The Hall–Kier alpha value is -2.64. The van der Waals surface area contributed by atoms with Gasteiger partial charge in [-0.1, -0.05) is 79.9 Å². The lowest BCUT2D eigenvalue weighted by molar-refractivity contribution is -0.136. The second kappa shape index (κ2) is 9.03. The van der Waals surface area contributed by atoms with Crippen LogP contribution >= 0.6 is 0 Å². The summed E-state index contributed by atoms with van der Waals surface area (Å²) in [7, 11) is 1.79. The van der Waals surface area contributed by atoms with Crippen LogP contribution in [0.2, 0.25) is 0 Å². The van der Waals surface area contributed by atoms with Gasteiger partial charge in [0.15, 0.2) is 0 Å². The van der Waals surface area contributed by atoms with E-state index in [-0.39, 0.29) is 11.9 Å². The summed E-state index contributed by atoms with van der Waals surface area (Å²) in [5.41, 5.74) is 1.56. The van der Waals surface area contributed by atoms with Gasteiger partial charge in [-0.05, 0) is 30.9 Å². The fraction of sp³-hybridized carbons (Fsp3) is 0.417. The number of hydrogen-bond donors (Lipinski definition) is 1. The standard InChI is InChI=1S/C24H29N3O/c1-19(23(28)27(2)24(18-25)16-10-5-11-17-24)26-22(20-12-6-3-7-13-20)21-14-8-4-9-15-21/h3-4,6-9,12-15,19,22,26H,5,10-11,16-17H2,1-2H3/t19-/m0/s1. The first-order valence-corrected chi connectivity index (χ1v) is 10.1. The molecule has 0 radical (unpaired) electrons. The van der Waals surface area contributed by atoms with Crippen LogP contribution in [-0.4, -0.2) is 29.4 Å². The maximum atomic E-state index is 13.2. The van der Waals surface area contributed by atoms with E-state index in [2.05, 4.69) is 35.7 Å². The number of likely N-dealkylation sites (N-methyl/N-ethyl adjacent to an activating group) is 1. The maximum absolute atomic E-state index is 13.2. The normalized spacial score (nSPS) is 16.9. The average Bonchev–Trinajstić information content (AvgIpc) is 2.77. The lowest BCUT2D eigenvalue weighted by atomic mass is 9.81. The summed E-state index contributed by atoms with van der Waals surface area (Å²) in [6, 6.07) is 22.3. The number of nitrogens with one attached hydrogen (secondary N) is 1. The Morgan fingerprint density at radius 3 is 1.96 bits per heavy atom. The number of nitrogens with zero attached hydrogens (tertiary/aromatic N) is 2. The SMILES string of the molecule is C[C@H](NC(c1ccccc1)c1ccccc1)C(=O)N(C)C1(C#N)CCCCC1. The summed E-state index contributed by atoms with van der Waals surface area (Å²) in [5, 5.41) is 13.3. The van der Waals surface area contributed by atoms with Crippen LogP contribution in [0.4, 0.5) is 0 Å². The molecule has 2 aromatic rings. The van der Waals surface area contributed by atoms with Gasteiger partial charge in [-0.25, -0.2) is 0 Å². The third kappa shape index (κ3) is 4.26. The minimum absolute atomic E-state index is 0.0275. The van der Waals surface area contributed by atoms with Crippen LogP contribution in [0.3, 0.4) is 0 Å². The summed E-state index contributed by atoms with van der Waals surface area (Å²) in [6.07, 6.45) is 4.68. The molecule has 0 aromatic heterocycles. The maximum Gasteiger partial charge on any atom is 0.240 e. The number of hydrogen-bond acceptors (Lipinski definition) is 3. The molecule has 2 aromatic carbocycles. The summed E-state index contributed by atoms with van der Waals surface area (Å²) < 4.78 is 0. The number of benzene rings is 2. The Morgan fingerprint density at radius 2 is 1.50 bits per heavy atom. The van der Waals surface area contributed by atoms with E-state index >= 15 is 0 Å². The second-order valence-electron chi connectivity index (χ2n) is 7.74. The van der Waals surface area contributed by atoms with Crippen molar-refractivity contribution in [1.29, 1.82) is 5.26 Å². The van der Waals surface area contributed by atoms with Crippen molar-refractivity contribution >= 4 is 5.91 Å². The molecular formula is C24H29N3O. The molecule has 1 saturated carbocycles. The highest BCUT2D eigenvalue weighted by Gasteiger charge is 2.40. The topological polar surface area (TPSA) is 56.1 Å². The predicted molar refractivity (Wildman–Crippen MR) is 112 cm³/mol. The van der Waals surface area contributed by atoms with E-state index in [0.717, 1.165) is 43.2 Å². The van der Waals surface area contributed by atoms with Crippen LogP contribution < -0.4 is 5.32 Å². The predicted octanol–water partition coefficient (Wildman–Crippen LogP) is 4.44. The third-order valence-corrected chi connectivity index (χ3v) is 5.91. The fourth-order valence-electron chi connectivity index (χ4n) is 4.16. The molecule has 0 unspecified atom stereocenters. The molecule has 1 amide bonds. The molecule has 1 atom stereocenters. The quantitative estimate of drug-likeness (QED) is 0.812. The molecule has 0 spiro atoms. The first-order valence-electron chi connectivity index (χ1n) is 10.1. The summed E-state index contributed by atoms with van der Waals surface area (Å²) >= 11 is 0. The molecule has 3 rings (SSSR count). The number of nitriles is 1. The lowest BCUT2D eigenvalue weighted by Gasteiger charge is -2.40. The molecule has 146 valence electrons. The number of carbonyl (C=O) groups excluding carboxylic acids is 1. The third-order valence-electron chi connectivity index (χ3n) is 5.91. The zero-order chi connectivity index (χ0) is 20.0. The van der Waals surface area contributed by atoms with E-state index < -0.39 is 11.6 Å². The number of rotatable bonds is 6. The van der Waals surface area contributed by atoms with E-state index in [9.17, 15) is 10.1 Å². The summed E-state index contributed by atoms with van der Waals surface area (Å²) in [5.74, 6) is -0.0275. The zero-order valence-electron chi connectivity index (χ0n) is 16.8. The van der Waals surface area contributed by atoms with E-state index in [1.165, 1.54) is 0 Å². The Labute approximate surface area is 168 Å². The second-order valence-corrected chi connectivity index (χ2v) is 7.74. The van der Waals surface area contributed by atoms with Gasteiger partial charge >= 0.3 is 0 Å². The monoisotopic (exact) mass is 375 g/mol. The molecule has 0 aliphatic heterocycles. The molecule has 1 aliphatic rings. The van der Waals surface area contributed by atoms with Crippen LogP contribution in [0, 0.1) is 11.3 Å². The van der Waals surface area contributed by atoms with Crippen LogP contribution in [0.25, 0.3) is 0 Å². The molecule has 1 N–H and O–H groups in total. The molecule has 0 saturated heterocycles. The van der Waals surface area contributed by atoms with Gasteiger partial charge in [0.1, 0.15) is 5.54 Å².